The average Bonchev–Trinajstić information content (AvgIpc) is 2.78. The van der Waals surface area contributed by atoms with E-state index in [-0.39, 0.29) is 5.91 Å². The van der Waals surface area contributed by atoms with Crippen molar-refractivity contribution in [1.82, 2.24) is 4.90 Å². The maximum absolute atomic E-state index is 11.9. The van der Waals surface area contributed by atoms with E-state index in [2.05, 4.69) is 6.92 Å². The number of unbranched alkanes of at least 4 members (excludes halogenated alkanes) is 1. The number of carbonyl (C=O) groups is 2. The molecular formula is C13H17NO3S. The van der Waals surface area contributed by atoms with Gasteiger partial charge in [0.05, 0.1) is 0 Å². The van der Waals surface area contributed by atoms with Gasteiger partial charge in [0.15, 0.2) is 0 Å². The number of aromatic carboxylic acids is 1. The lowest BCUT2D eigenvalue weighted by Gasteiger charge is -2.27. The van der Waals surface area contributed by atoms with E-state index in [1.54, 1.807) is 6.07 Å². The molecule has 5 heteroatoms. The van der Waals surface area contributed by atoms with Crippen molar-refractivity contribution < 1.29 is 14.7 Å². The number of nitrogens with zero attached hydrogens (tertiary/aromatic N) is 1. The summed E-state index contributed by atoms with van der Waals surface area (Å²) in [5, 5.41) is 8.96. The number of hydrogen-bond acceptors (Lipinski definition) is 3. The first-order chi connectivity index (χ1) is 8.61. The van der Waals surface area contributed by atoms with Crippen LogP contribution in [0.2, 0.25) is 0 Å². The molecule has 0 saturated heterocycles. The number of rotatable bonds is 4. The molecule has 98 valence electrons. The fraction of sp³-hybridized carbons (Fsp3) is 0.538. The molecule has 1 amide bonds. The Kier molecular flexibility index (Phi) is 4.01. The van der Waals surface area contributed by atoms with E-state index >= 15 is 0 Å². The predicted octanol–water partition coefficient (Wildman–Crippen LogP) is 2.52. The zero-order chi connectivity index (χ0) is 13.1. The molecule has 0 atom stereocenters. The molecule has 1 aliphatic rings. The average molecular weight is 267 g/mol. The Balaban J connectivity index is 2.05. The Morgan fingerprint density at radius 2 is 2.28 bits per heavy atom. The minimum absolute atomic E-state index is 0.186. The van der Waals surface area contributed by atoms with Gasteiger partial charge in [-0.2, -0.15) is 0 Å². The van der Waals surface area contributed by atoms with Gasteiger partial charge in [0.1, 0.15) is 4.88 Å². The number of carbonyl (C=O) groups excluding carboxylic acids is 1. The predicted molar refractivity (Wildman–Crippen MR) is 69.9 cm³/mol. The Morgan fingerprint density at radius 3 is 2.94 bits per heavy atom. The molecule has 4 nitrogen and oxygen atoms in total. The summed E-state index contributed by atoms with van der Waals surface area (Å²) in [4.78, 5) is 26.2. The molecule has 0 fully saturated rings. The van der Waals surface area contributed by atoms with Gasteiger partial charge in [-0.25, -0.2) is 4.79 Å². The lowest BCUT2D eigenvalue weighted by Crippen LogP contribution is -2.35. The molecule has 1 aromatic heterocycles. The van der Waals surface area contributed by atoms with Crippen LogP contribution >= 0.6 is 11.3 Å². The minimum atomic E-state index is -0.877. The molecule has 1 aliphatic heterocycles. The van der Waals surface area contributed by atoms with Crippen LogP contribution in [-0.4, -0.2) is 28.4 Å². The molecule has 0 saturated carbocycles. The highest BCUT2D eigenvalue weighted by atomic mass is 32.1. The zero-order valence-electron chi connectivity index (χ0n) is 10.4. The smallest absolute Gasteiger partial charge is 0.345 e. The maximum atomic E-state index is 11.9. The van der Waals surface area contributed by atoms with Crippen LogP contribution in [0.25, 0.3) is 0 Å². The Morgan fingerprint density at radius 1 is 1.50 bits per heavy atom. The number of hydrogen-bond donors (Lipinski definition) is 1. The summed E-state index contributed by atoms with van der Waals surface area (Å²) in [6, 6.07) is 1.71. The zero-order valence-corrected chi connectivity index (χ0v) is 11.3. The van der Waals surface area contributed by atoms with Gasteiger partial charge in [-0.15, -0.1) is 11.3 Å². The topological polar surface area (TPSA) is 57.6 Å². The largest absolute Gasteiger partial charge is 0.477 e. The van der Waals surface area contributed by atoms with Crippen molar-refractivity contribution in [2.75, 3.05) is 6.54 Å². The first-order valence-electron chi connectivity index (χ1n) is 6.24. The first kappa shape index (κ1) is 13.1. The summed E-state index contributed by atoms with van der Waals surface area (Å²) < 4.78 is 0. The van der Waals surface area contributed by atoms with Crippen LogP contribution in [0.15, 0.2) is 6.07 Å². The minimum Gasteiger partial charge on any atom is -0.477 e. The SMILES string of the molecule is CCCCC(=O)N1CCc2sc(C(=O)O)cc2C1. The van der Waals surface area contributed by atoms with Gasteiger partial charge in [0, 0.05) is 24.4 Å². The molecule has 2 heterocycles. The second kappa shape index (κ2) is 5.52. The fourth-order valence-corrected chi connectivity index (χ4v) is 3.14. The molecule has 1 N–H and O–H groups in total. The number of thiophene rings is 1. The Bertz CT molecular complexity index is 467. The number of carboxylic acid groups (broad SMARTS) is 1. The normalized spacial score (nSPS) is 14.4. The summed E-state index contributed by atoms with van der Waals surface area (Å²) in [6.45, 7) is 3.36. The summed E-state index contributed by atoms with van der Waals surface area (Å²) in [7, 11) is 0. The lowest BCUT2D eigenvalue weighted by atomic mass is 10.1. The molecule has 0 aromatic carbocycles. The highest BCUT2D eigenvalue weighted by Gasteiger charge is 2.23. The van der Waals surface area contributed by atoms with E-state index in [0.717, 1.165) is 36.2 Å². The van der Waals surface area contributed by atoms with Gasteiger partial charge in [-0.3, -0.25) is 4.79 Å². The monoisotopic (exact) mass is 267 g/mol. The third kappa shape index (κ3) is 2.72. The van der Waals surface area contributed by atoms with E-state index in [9.17, 15) is 9.59 Å². The van der Waals surface area contributed by atoms with Crippen LogP contribution in [0, 0.1) is 0 Å². The van der Waals surface area contributed by atoms with E-state index in [0.29, 0.717) is 17.8 Å². The van der Waals surface area contributed by atoms with Crippen LogP contribution in [0.4, 0.5) is 0 Å². The maximum Gasteiger partial charge on any atom is 0.345 e. The summed E-state index contributed by atoms with van der Waals surface area (Å²) >= 11 is 1.34. The molecule has 1 aromatic rings. The third-order valence-corrected chi connectivity index (χ3v) is 4.40. The van der Waals surface area contributed by atoms with Crippen LogP contribution in [-0.2, 0) is 17.8 Å². The van der Waals surface area contributed by atoms with Gasteiger partial charge in [-0.05, 0) is 24.5 Å². The van der Waals surface area contributed by atoms with Gasteiger partial charge < -0.3 is 10.0 Å². The van der Waals surface area contributed by atoms with Crippen LogP contribution in [0.1, 0.15) is 46.3 Å². The van der Waals surface area contributed by atoms with Crippen LogP contribution in [0.5, 0.6) is 0 Å². The molecule has 0 radical (unpaired) electrons. The number of carboxylic acids is 1. The number of fused-ring (bicyclic) bond motifs is 1. The van der Waals surface area contributed by atoms with E-state index in [1.165, 1.54) is 11.3 Å². The van der Waals surface area contributed by atoms with Gasteiger partial charge >= 0.3 is 5.97 Å². The highest BCUT2D eigenvalue weighted by molar-refractivity contribution is 7.14. The first-order valence-corrected chi connectivity index (χ1v) is 7.06. The molecular weight excluding hydrogens is 250 g/mol. The van der Waals surface area contributed by atoms with Gasteiger partial charge in [0.2, 0.25) is 5.91 Å². The fourth-order valence-electron chi connectivity index (χ4n) is 2.14. The Labute approximate surface area is 110 Å². The van der Waals surface area contributed by atoms with Crippen molar-refractivity contribution >= 4 is 23.2 Å². The van der Waals surface area contributed by atoms with Crippen molar-refractivity contribution in [3.63, 3.8) is 0 Å². The quantitative estimate of drug-likeness (QED) is 0.912. The van der Waals surface area contributed by atoms with E-state index in [1.807, 2.05) is 4.90 Å². The lowest BCUT2D eigenvalue weighted by molar-refractivity contribution is -0.132. The molecule has 0 spiro atoms. The number of amides is 1. The van der Waals surface area contributed by atoms with Crippen molar-refractivity contribution in [2.24, 2.45) is 0 Å². The third-order valence-electron chi connectivity index (χ3n) is 3.17. The van der Waals surface area contributed by atoms with E-state index < -0.39 is 5.97 Å². The second-order valence-corrected chi connectivity index (χ2v) is 5.67. The summed E-state index contributed by atoms with van der Waals surface area (Å²) in [5.74, 6) is -0.691. The van der Waals surface area contributed by atoms with Crippen molar-refractivity contribution in [3.05, 3.63) is 21.4 Å². The summed E-state index contributed by atoms with van der Waals surface area (Å²) in [5.41, 5.74) is 1.01. The summed E-state index contributed by atoms with van der Waals surface area (Å²) in [6.07, 6.45) is 3.32. The molecule has 0 bridgehead atoms. The van der Waals surface area contributed by atoms with Gasteiger partial charge in [-0.1, -0.05) is 13.3 Å². The van der Waals surface area contributed by atoms with Crippen molar-refractivity contribution in [2.45, 2.75) is 39.2 Å². The van der Waals surface area contributed by atoms with Crippen LogP contribution < -0.4 is 0 Å². The van der Waals surface area contributed by atoms with Gasteiger partial charge in [0.25, 0.3) is 0 Å². The molecule has 18 heavy (non-hydrogen) atoms. The van der Waals surface area contributed by atoms with E-state index in [4.69, 9.17) is 5.11 Å². The standard InChI is InChI=1S/C13H17NO3S/c1-2-3-4-12(15)14-6-5-10-9(8-14)7-11(18-10)13(16)17/h7H,2-6,8H2,1H3,(H,16,17). The second-order valence-electron chi connectivity index (χ2n) is 4.53. The van der Waals surface area contributed by atoms with Crippen molar-refractivity contribution in [1.29, 1.82) is 0 Å². The van der Waals surface area contributed by atoms with Crippen molar-refractivity contribution in [3.8, 4) is 0 Å². The molecule has 0 aliphatic carbocycles. The molecule has 2 rings (SSSR count). The highest BCUT2D eigenvalue weighted by Crippen LogP contribution is 2.28. The molecule has 0 unspecified atom stereocenters. The Hall–Kier alpha value is -1.36. The van der Waals surface area contributed by atoms with Crippen LogP contribution in [0.3, 0.4) is 0 Å².